The van der Waals surface area contributed by atoms with Gasteiger partial charge in [0.2, 0.25) is 10.0 Å². The Morgan fingerprint density at radius 3 is 2.59 bits per heavy atom. The third-order valence-corrected chi connectivity index (χ3v) is 9.56. The van der Waals surface area contributed by atoms with Crippen molar-refractivity contribution in [2.45, 2.75) is 43.0 Å². The second kappa shape index (κ2) is 11.0. The zero-order valence-corrected chi connectivity index (χ0v) is 23.0. The van der Waals surface area contributed by atoms with Crippen molar-refractivity contribution in [2.75, 3.05) is 19.7 Å². The number of rotatable bonds is 7. The summed E-state index contributed by atoms with van der Waals surface area (Å²) in [6, 6.07) is 10.1. The number of phenols is 1. The second-order valence-electron chi connectivity index (χ2n) is 10.2. The number of benzene rings is 1. The summed E-state index contributed by atoms with van der Waals surface area (Å²) in [6.07, 6.45) is 9.01. The van der Waals surface area contributed by atoms with Gasteiger partial charge in [-0.25, -0.2) is 18.2 Å². The SMILES string of the molecule is O=C(OCC(=O)N1N=C2C(=Cc3ccco3)CCCC2C1c1ccco1)c1cc(S(=O)(=O)N2CCCC2)ccc1O. The van der Waals surface area contributed by atoms with Gasteiger partial charge in [0.25, 0.3) is 5.91 Å². The molecule has 3 aromatic rings. The number of amides is 1. The molecule has 3 aliphatic rings. The molecular formula is C29H29N3O8S. The van der Waals surface area contributed by atoms with Crippen molar-refractivity contribution >= 4 is 33.7 Å². The molecule has 2 aliphatic heterocycles. The summed E-state index contributed by atoms with van der Waals surface area (Å²) < 4.78 is 43.7. The van der Waals surface area contributed by atoms with Crippen LogP contribution in [0.5, 0.6) is 5.75 Å². The summed E-state index contributed by atoms with van der Waals surface area (Å²) in [5.41, 5.74) is 1.37. The normalized spacial score (nSPS) is 22.1. The molecule has 4 heterocycles. The first-order valence-electron chi connectivity index (χ1n) is 13.5. The van der Waals surface area contributed by atoms with Crippen molar-refractivity contribution in [3.05, 3.63) is 77.6 Å². The Labute approximate surface area is 236 Å². The van der Waals surface area contributed by atoms with E-state index in [1.165, 1.54) is 21.6 Å². The largest absolute Gasteiger partial charge is 0.507 e. The highest BCUT2D eigenvalue weighted by molar-refractivity contribution is 7.89. The summed E-state index contributed by atoms with van der Waals surface area (Å²) in [7, 11) is -3.83. The zero-order chi connectivity index (χ0) is 28.6. The third-order valence-electron chi connectivity index (χ3n) is 7.67. The topological polar surface area (TPSA) is 143 Å². The molecule has 1 N–H and O–H groups in total. The van der Waals surface area contributed by atoms with Gasteiger partial charge in [-0.05, 0) is 86.2 Å². The molecule has 1 saturated heterocycles. The number of allylic oxidation sites excluding steroid dienone is 1. The monoisotopic (exact) mass is 579 g/mol. The fourth-order valence-corrected chi connectivity index (χ4v) is 7.22. The van der Waals surface area contributed by atoms with Crippen LogP contribution in [0.15, 0.2) is 79.4 Å². The highest BCUT2D eigenvalue weighted by Crippen LogP contribution is 2.44. The Morgan fingerprint density at radius 2 is 1.85 bits per heavy atom. The molecule has 0 spiro atoms. The second-order valence-corrected chi connectivity index (χ2v) is 12.2. The highest BCUT2D eigenvalue weighted by Gasteiger charge is 2.45. The molecule has 214 valence electrons. The fraction of sp³-hybridized carbons (Fsp3) is 0.345. The number of carbonyl (C=O) groups excluding carboxylic acids is 2. The molecule has 0 radical (unpaired) electrons. The molecule has 2 atom stereocenters. The molecule has 0 bridgehead atoms. The van der Waals surface area contributed by atoms with Crippen molar-refractivity contribution in [3.63, 3.8) is 0 Å². The van der Waals surface area contributed by atoms with Crippen molar-refractivity contribution in [3.8, 4) is 5.75 Å². The Hall–Kier alpha value is -4.16. The first kappa shape index (κ1) is 27.0. The van der Waals surface area contributed by atoms with Gasteiger partial charge in [0.15, 0.2) is 6.61 Å². The Kier molecular flexibility index (Phi) is 7.26. The molecular weight excluding hydrogens is 550 g/mol. The number of furan rings is 2. The van der Waals surface area contributed by atoms with E-state index in [1.807, 2.05) is 12.1 Å². The van der Waals surface area contributed by atoms with Gasteiger partial charge in [-0.2, -0.15) is 9.41 Å². The number of hydrazone groups is 1. The molecule has 1 aliphatic carbocycles. The Morgan fingerprint density at radius 1 is 1.07 bits per heavy atom. The summed E-state index contributed by atoms with van der Waals surface area (Å²) in [4.78, 5) is 26.3. The molecule has 2 fully saturated rings. The number of carbonyl (C=O) groups is 2. The van der Waals surface area contributed by atoms with Crippen LogP contribution in [0.3, 0.4) is 0 Å². The minimum Gasteiger partial charge on any atom is -0.507 e. The minimum atomic E-state index is -3.83. The number of phenolic OH excluding ortho intramolecular Hbond substituents is 1. The minimum absolute atomic E-state index is 0.118. The number of ether oxygens (including phenoxy) is 1. The predicted molar refractivity (Wildman–Crippen MR) is 146 cm³/mol. The van der Waals surface area contributed by atoms with Gasteiger partial charge in [0, 0.05) is 19.0 Å². The van der Waals surface area contributed by atoms with E-state index in [0.29, 0.717) is 24.6 Å². The average Bonchev–Trinajstić information content (AvgIpc) is 3.79. The van der Waals surface area contributed by atoms with Crippen LogP contribution in [0.1, 0.15) is 60.0 Å². The van der Waals surface area contributed by atoms with Gasteiger partial charge >= 0.3 is 5.97 Å². The van der Waals surface area contributed by atoms with Crippen LogP contribution in [0, 0.1) is 5.92 Å². The van der Waals surface area contributed by atoms with E-state index in [0.717, 1.165) is 55.5 Å². The molecule has 1 saturated carbocycles. The fourth-order valence-electron chi connectivity index (χ4n) is 5.68. The van der Waals surface area contributed by atoms with Crippen LogP contribution in [0.2, 0.25) is 0 Å². The number of sulfonamides is 1. The molecule has 11 nitrogen and oxygen atoms in total. The predicted octanol–water partition coefficient (Wildman–Crippen LogP) is 4.34. The number of nitrogens with zero attached hydrogens (tertiary/aromatic N) is 3. The Bertz CT molecular complexity index is 1600. The van der Waals surface area contributed by atoms with Crippen LogP contribution < -0.4 is 0 Å². The lowest BCUT2D eigenvalue weighted by atomic mass is 9.79. The van der Waals surface area contributed by atoms with E-state index < -0.39 is 40.3 Å². The van der Waals surface area contributed by atoms with Crippen molar-refractivity contribution < 1.29 is 36.7 Å². The number of esters is 1. The molecule has 6 rings (SSSR count). The molecule has 1 amide bonds. The van der Waals surface area contributed by atoms with E-state index in [2.05, 4.69) is 5.10 Å². The maximum atomic E-state index is 13.4. The molecule has 12 heteroatoms. The summed E-state index contributed by atoms with van der Waals surface area (Å²) >= 11 is 0. The quantitative estimate of drug-likeness (QED) is 0.407. The lowest BCUT2D eigenvalue weighted by Gasteiger charge is -2.27. The highest BCUT2D eigenvalue weighted by atomic mass is 32.2. The van der Waals surface area contributed by atoms with E-state index in [-0.39, 0.29) is 16.4 Å². The van der Waals surface area contributed by atoms with Crippen LogP contribution in [0.25, 0.3) is 6.08 Å². The van der Waals surface area contributed by atoms with Gasteiger partial charge in [0.05, 0.1) is 23.1 Å². The van der Waals surface area contributed by atoms with E-state index in [9.17, 15) is 23.1 Å². The van der Waals surface area contributed by atoms with E-state index in [1.54, 1.807) is 24.5 Å². The van der Waals surface area contributed by atoms with Gasteiger partial charge < -0.3 is 18.7 Å². The molecule has 1 aromatic carbocycles. The molecule has 2 unspecified atom stereocenters. The number of hydrogen-bond donors (Lipinski definition) is 1. The van der Waals surface area contributed by atoms with Crippen molar-refractivity contribution in [1.82, 2.24) is 9.31 Å². The first-order chi connectivity index (χ1) is 19.8. The molecule has 41 heavy (non-hydrogen) atoms. The van der Waals surface area contributed by atoms with E-state index >= 15 is 0 Å². The maximum absolute atomic E-state index is 13.4. The van der Waals surface area contributed by atoms with Crippen molar-refractivity contribution in [2.24, 2.45) is 11.0 Å². The third kappa shape index (κ3) is 5.20. The number of aromatic hydroxyl groups is 1. The lowest BCUT2D eigenvalue weighted by molar-refractivity contribution is -0.137. The van der Waals surface area contributed by atoms with Crippen LogP contribution in [0.4, 0.5) is 0 Å². The zero-order valence-electron chi connectivity index (χ0n) is 22.1. The molecule has 2 aromatic heterocycles. The van der Waals surface area contributed by atoms with E-state index in [4.69, 9.17) is 13.6 Å². The van der Waals surface area contributed by atoms with Crippen LogP contribution >= 0.6 is 0 Å². The summed E-state index contributed by atoms with van der Waals surface area (Å²) in [6.45, 7) is 0.122. The summed E-state index contributed by atoms with van der Waals surface area (Å²) in [5, 5.41) is 16.3. The first-order valence-corrected chi connectivity index (χ1v) is 15.0. The van der Waals surface area contributed by atoms with Crippen LogP contribution in [-0.4, -0.2) is 60.1 Å². The standard InChI is InChI=1S/C29H29N3O8S/c33-24-11-10-21(41(36,37)31-12-1-2-13-31)17-23(24)29(35)40-18-26(34)32-28(25-9-5-15-39-25)22-8-3-6-19(27(22)30-32)16-20-7-4-14-38-20/h4-5,7,9-11,14-17,22,28,33H,1-3,6,8,12-13,18H2. The van der Waals surface area contributed by atoms with Gasteiger partial charge in [-0.15, -0.1) is 0 Å². The van der Waals surface area contributed by atoms with Crippen LogP contribution in [-0.2, 0) is 19.6 Å². The smallest absolute Gasteiger partial charge is 0.342 e. The van der Waals surface area contributed by atoms with Crippen molar-refractivity contribution in [1.29, 1.82) is 0 Å². The number of fused-ring (bicyclic) bond motifs is 1. The lowest BCUT2D eigenvalue weighted by Crippen LogP contribution is -2.34. The maximum Gasteiger partial charge on any atom is 0.342 e. The Balaban J connectivity index is 1.22. The van der Waals surface area contributed by atoms with Gasteiger partial charge in [-0.3, -0.25) is 4.79 Å². The summed E-state index contributed by atoms with van der Waals surface area (Å²) in [5.74, 6) is -0.926. The van der Waals surface area contributed by atoms with Gasteiger partial charge in [-0.1, -0.05) is 0 Å². The average molecular weight is 580 g/mol. The number of hydrogen-bond acceptors (Lipinski definition) is 9. The van der Waals surface area contributed by atoms with Gasteiger partial charge in [0.1, 0.15) is 28.9 Å².